The Hall–Kier alpha value is -1.20. The van der Waals surface area contributed by atoms with Gasteiger partial charge in [-0.25, -0.2) is 13.1 Å². The Labute approximate surface area is 133 Å². The molecule has 0 spiro atoms. The predicted molar refractivity (Wildman–Crippen MR) is 87.4 cm³/mol. The maximum absolute atomic E-state index is 12.2. The van der Waals surface area contributed by atoms with Crippen LogP contribution in [0.4, 0.5) is 0 Å². The number of Topliss-reactive ketones (excluding diaryl/α,β-unsaturated/α-hetero) is 1. The van der Waals surface area contributed by atoms with Crippen molar-refractivity contribution < 1.29 is 13.2 Å². The number of sulfonamides is 1. The van der Waals surface area contributed by atoms with Crippen LogP contribution in [0.3, 0.4) is 0 Å². The fourth-order valence-corrected chi connectivity index (χ4v) is 3.36. The average molecular weight is 323 g/mol. The number of nitrogens with one attached hydrogen (secondary N) is 1. The zero-order valence-corrected chi connectivity index (χ0v) is 14.4. The van der Waals surface area contributed by atoms with E-state index in [1.165, 1.54) is 12.1 Å². The van der Waals surface area contributed by atoms with E-state index in [4.69, 9.17) is 0 Å². The summed E-state index contributed by atoms with van der Waals surface area (Å²) in [4.78, 5) is 12.1. The highest BCUT2D eigenvalue weighted by molar-refractivity contribution is 7.89. The van der Waals surface area contributed by atoms with Crippen molar-refractivity contribution in [1.29, 1.82) is 0 Å². The number of rotatable bonds is 7. The summed E-state index contributed by atoms with van der Waals surface area (Å²) in [6.45, 7) is 6.84. The summed E-state index contributed by atoms with van der Waals surface area (Å²) in [5.74, 6) is 0.278. The molecule has 4 nitrogen and oxygen atoms in total. The topological polar surface area (TPSA) is 63.2 Å². The molecule has 0 radical (unpaired) electrons. The Morgan fingerprint density at radius 1 is 1.18 bits per heavy atom. The molecule has 0 bridgehead atoms. The van der Waals surface area contributed by atoms with Gasteiger partial charge in [-0.2, -0.15) is 0 Å². The Balaban J connectivity index is 1.93. The molecule has 22 heavy (non-hydrogen) atoms. The van der Waals surface area contributed by atoms with Crippen molar-refractivity contribution in [3.8, 4) is 0 Å². The predicted octanol–water partition coefficient (Wildman–Crippen LogP) is 3.38. The van der Waals surface area contributed by atoms with Crippen LogP contribution in [0.15, 0.2) is 29.2 Å². The zero-order valence-electron chi connectivity index (χ0n) is 13.6. The molecule has 5 heteroatoms. The lowest BCUT2D eigenvalue weighted by atomic mass is 9.91. The second-order valence-corrected chi connectivity index (χ2v) is 8.99. The molecule has 122 valence electrons. The number of carbonyl (C=O) groups is 1. The molecule has 1 saturated carbocycles. The summed E-state index contributed by atoms with van der Waals surface area (Å²) < 4.78 is 27.0. The molecule has 1 N–H and O–H groups in total. The van der Waals surface area contributed by atoms with E-state index < -0.39 is 10.0 Å². The normalized spacial score (nSPS) is 15.8. The molecule has 1 aliphatic carbocycles. The van der Waals surface area contributed by atoms with Gasteiger partial charge in [0.15, 0.2) is 5.78 Å². The first-order chi connectivity index (χ1) is 10.2. The van der Waals surface area contributed by atoms with Crippen LogP contribution in [0, 0.1) is 11.3 Å². The Morgan fingerprint density at radius 3 is 2.27 bits per heavy atom. The largest absolute Gasteiger partial charge is 0.294 e. The lowest BCUT2D eigenvalue weighted by Crippen LogP contribution is -2.25. The second kappa shape index (κ2) is 6.50. The molecular formula is C17H25NO3S. The molecule has 0 aliphatic heterocycles. The van der Waals surface area contributed by atoms with E-state index in [-0.39, 0.29) is 22.0 Å². The van der Waals surface area contributed by atoms with Gasteiger partial charge >= 0.3 is 0 Å². The standard InChI is InChI=1S/C17H25NO3S/c1-17(2,3)11-4-12-18-22(20,21)15-9-7-14(8-10-15)16(19)13-5-6-13/h7-10,13,18H,4-6,11-12H2,1-3H3. The summed E-state index contributed by atoms with van der Waals surface area (Å²) in [7, 11) is -3.49. The highest BCUT2D eigenvalue weighted by Gasteiger charge is 2.30. The fraction of sp³-hybridized carbons (Fsp3) is 0.588. The molecular weight excluding hydrogens is 298 g/mol. The van der Waals surface area contributed by atoms with Gasteiger partial charge in [0, 0.05) is 18.0 Å². The van der Waals surface area contributed by atoms with E-state index in [9.17, 15) is 13.2 Å². The average Bonchev–Trinajstić information content (AvgIpc) is 3.27. The highest BCUT2D eigenvalue weighted by atomic mass is 32.2. The molecule has 1 aromatic carbocycles. The van der Waals surface area contributed by atoms with Crippen molar-refractivity contribution in [3.63, 3.8) is 0 Å². The molecule has 1 fully saturated rings. The molecule has 0 amide bonds. The van der Waals surface area contributed by atoms with Crippen LogP contribution >= 0.6 is 0 Å². The van der Waals surface area contributed by atoms with Gasteiger partial charge in [0.2, 0.25) is 10.0 Å². The van der Waals surface area contributed by atoms with Gasteiger partial charge in [-0.3, -0.25) is 4.79 Å². The summed E-state index contributed by atoms with van der Waals surface area (Å²) in [6.07, 6.45) is 3.67. The minimum Gasteiger partial charge on any atom is -0.294 e. The molecule has 2 rings (SSSR count). The number of hydrogen-bond donors (Lipinski definition) is 1. The van der Waals surface area contributed by atoms with E-state index in [1.54, 1.807) is 12.1 Å². The van der Waals surface area contributed by atoms with E-state index in [0.717, 1.165) is 25.7 Å². The van der Waals surface area contributed by atoms with Gasteiger partial charge in [0.05, 0.1) is 4.90 Å². The second-order valence-electron chi connectivity index (χ2n) is 7.22. The summed E-state index contributed by atoms with van der Waals surface area (Å²) >= 11 is 0. The van der Waals surface area contributed by atoms with E-state index in [1.807, 2.05) is 0 Å². The fourth-order valence-electron chi connectivity index (χ4n) is 2.29. The van der Waals surface area contributed by atoms with Crippen LogP contribution in [0.2, 0.25) is 0 Å². The molecule has 0 atom stereocenters. The van der Waals surface area contributed by atoms with Crippen molar-refractivity contribution in [2.75, 3.05) is 6.54 Å². The van der Waals surface area contributed by atoms with Gasteiger partial charge in [0.25, 0.3) is 0 Å². The number of benzene rings is 1. The third-order valence-electron chi connectivity index (χ3n) is 3.79. The van der Waals surface area contributed by atoms with Crippen LogP contribution in [-0.4, -0.2) is 20.7 Å². The minimum absolute atomic E-state index is 0.127. The number of ketones is 1. The summed E-state index contributed by atoms with van der Waals surface area (Å²) in [6, 6.07) is 6.26. The number of hydrogen-bond acceptors (Lipinski definition) is 3. The minimum atomic E-state index is -3.49. The SMILES string of the molecule is CC(C)(C)CCCNS(=O)(=O)c1ccc(C(=O)C2CC2)cc1. The van der Waals surface area contributed by atoms with Gasteiger partial charge < -0.3 is 0 Å². The van der Waals surface area contributed by atoms with Crippen LogP contribution in [0.25, 0.3) is 0 Å². The molecule has 1 aliphatic rings. The third-order valence-corrected chi connectivity index (χ3v) is 5.27. The van der Waals surface area contributed by atoms with Crippen LogP contribution in [0.1, 0.15) is 56.8 Å². The lowest BCUT2D eigenvalue weighted by molar-refractivity contribution is 0.0967. The quantitative estimate of drug-likeness (QED) is 0.618. The first kappa shape index (κ1) is 17.2. The summed E-state index contributed by atoms with van der Waals surface area (Å²) in [5.41, 5.74) is 0.810. The Bertz CT molecular complexity index is 623. The Kier molecular flexibility index (Phi) is 5.07. The zero-order chi connectivity index (χ0) is 16.4. The molecule has 0 aromatic heterocycles. The van der Waals surface area contributed by atoms with E-state index in [2.05, 4.69) is 25.5 Å². The van der Waals surface area contributed by atoms with E-state index >= 15 is 0 Å². The smallest absolute Gasteiger partial charge is 0.240 e. The van der Waals surface area contributed by atoms with Crippen LogP contribution in [0.5, 0.6) is 0 Å². The van der Waals surface area contributed by atoms with Crippen molar-refractivity contribution in [3.05, 3.63) is 29.8 Å². The van der Waals surface area contributed by atoms with Crippen molar-refractivity contribution in [2.45, 2.75) is 51.3 Å². The number of carbonyl (C=O) groups excluding carboxylic acids is 1. The van der Waals surface area contributed by atoms with Gasteiger partial charge in [0.1, 0.15) is 0 Å². The molecule has 1 aromatic rings. The third kappa shape index (κ3) is 4.92. The van der Waals surface area contributed by atoms with Crippen molar-refractivity contribution >= 4 is 15.8 Å². The van der Waals surface area contributed by atoms with Crippen molar-refractivity contribution in [2.24, 2.45) is 11.3 Å². The van der Waals surface area contributed by atoms with E-state index in [0.29, 0.717) is 12.1 Å². The van der Waals surface area contributed by atoms with Gasteiger partial charge in [-0.1, -0.05) is 32.9 Å². The van der Waals surface area contributed by atoms with Crippen LogP contribution in [-0.2, 0) is 10.0 Å². The maximum atomic E-state index is 12.2. The maximum Gasteiger partial charge on any atom is 0.240 e. The summed E-state index contributed by atoms with van der Waals surface area (Å²) in [5, 5.41) is 0. The Morgan fingerprint density at radius 2 is 1.77 bits per heavy atom. The highest BCUT2D eigenvalue weighted by Crippen LogP contribution is 2.32. The molecule has 0 saturated heterocycles. The first-order valence-corrected chi connectivity index (χ1v) is 9.31. The van der Waals surface area contributed by atoms with Gasteiger partial charge in [-0.15, -0.1) is 0 Å². The van der Waals surface area contributed by atoms with Gasteiger partial charge in [-0.05, 0) is 43.2 Å². The van der Waals surface area contributed by atoms with Crippen LogP contribution < -0.4 is 4.72 Å². The first-order valence-electron chi connectivity index (χ1n) is 7.83. The van der Waals surface area contributed by atoms with Crippen molar-refractivity contribution in [1.82, 2.24) is 4.72 Å². The molecule has 0 unspecified atom stereocenters. The monoisotopic (exact) mass is 323 g/mol. The molecule has 0 heterocycles. The lowest BCUT2D eigenvalue weighted by Gasteiger charge is -2.17.